The standard InChI is InChI=1S/C28H29FO2/c1-3-5-7-9-21-14-17-24-23-16-15-22(18-25(23)28(30)31-27(24)26(21)29)20-12-10-19(11-13-20)8-6-4-2/h10-18H,3-9H2,1-2H3. The molecule has 31 heavy (non-hydrogen) atoms. The van der Waals surface area contributed by atoms with Crippen molar-refractivity contribution in [3.63, 3.8) is 0 Å². The summed E-state index contributed by atoms with van der Waals surface area (Å²) in [4.78, 5) is 12.7. The molecular weight excluding hydrogens is 387 g/mol. The Morgan fingerprint density at radius 3 is 2.19 bits per heavy atom. The zero-order valence-corrected chi connectivity index (χ0v) is 18.3. The van der Waals surface area contributed by atoms with Gasteiger partial charge in [-0.15, -0.1) is 0 Å². The van der Waals surface area contributed by atoms with Crippen LogP contribution in [0.25, 0.3) is 32.9 Å². The zero-order chi connectivity index (χ0) is 21.8. The summed E-state index contributed by atoms with van der Waals surface area (Å²) in [6, 6.07) is 18.0. The number of fused-ring (bicyclic) bond motifs is 3. The molecular formula is C28H29FO2. The van der Waals surface area contributed by atoms with Crippen LogP contribution in [0, 0.1) is 5.82 Å². The van der Waals surface area contributed by atoms with Gasteiger partial charge in [-0.3, -0.25) is 0 Å². The van der Waals surface area contributed by atoms with Gasteiger partial charge < -0.3 is 4.42 Å². The average Bonchev–Trinajstić information content (AvgIpc) is 2.80. The molecule has 0 radical (unpaired) electrons. The Kier molecular flexibility index (Phi) is 6.50. The lowest BCUT2D eigenvalue weighted by Crippen LogP contribution is -2.02. The second kappa shape index (κ2) is 9.47. The van der Waals surface area contributed by atoms with E-state index < -0.39 is 11.4 Å². The Hall–Kier alpha value is -2.94. The van der Waals surface area contributed by atoms with Crippen molar-refractivity contribution in [2.75, 3.05) is 0 Å². The summed E-state index contributed by atoms with van der Waals surface area (Å²) in [6.45, 7) is 4.31. The Bertz CT molecular complexity index is 1250. The van der Waals surface area contributed by atoms with Crippen molar-refractivity contribution >= 4 is 21.7 Å². The van der Waals surface area contributed by atoms with Crippen LogP contribution in [-0.2, 0) is 12.8 Å². The molecule has 0 fully saturated rings. The number of hydrogen-bond acceptors (Lipinski definition) is 2. The Morgan fingerprint density at radius 1 is 0.742 bits per heavy atom. The van der Waals surface area contributed by atoms with Gasteiger partial charge in [-0.1, -0.05) is 81.6 Å². The lowest BCUT2D eigenvalue weighted by Gasteiger charge is -2.09. The maximum Gasteiger partial charge on any atom is 0.344 e. The first-order valence-corrected chi connectivity index (χ1v) is 11.4. The minimum absolute atomic E-state index is 0.0690. The molecule has 3 heteroatoms. The van der Waals surface area contributed by atoms with Crippen molar-refractivity contribution in [2.24, 2.45) is 0 Å². The van der Waals surface area contributed by atoms with E-state index in [0.717, 1.165) is 42.2 Å². The van der Waals surface area contributed by atoms with E-state index in [4.69, 9.17) is 4.42 Å². The number of rotatable bonds is 8. The van der Waals surface area contributed by atoms with Crippen molar-refractivity contribution in [1.29, 1.82) is 0 Å². The van der Waals surface area contributed by atoms with Crippen LogP contribution >= 0.6 is 0 Å². The van der Waals surface area contributed by atoms with Crippen LogP contribution < -0.4 is 5.63 Å². The van der Waals surface area contributed by atoms with E-state index in [1.165, 1.54) is 18.4 Å². The third-order valence-corrected chi connectivity index (χ3v) is 6.06. The highest BCUT2D eigenvalue weighted by Gasteiger charge is 2.15. The Morgan fingerprint density at radius 2 is 1.45 bits per heavy atom. The van der Waals surface area contributed by atoms with E-state index in [2.05, 4.69) is 38.1 Å². The molecule has 160 valence electrons. The molecule has 0 N–H and O–H groups in total. The van der Waals surface area contributed by atoms with Crippen LogP contribution in [0.2, 0.25) is 0 Å². The number of benzene rings is 3. The third kappa shape index (κ3) is 4.41. The molecule has 0 saturated heterocycles. The van der Waals surface area contributed by atoms with Gasteiger partial charge in [0.2, 0.25) is 0 Å². The molecule has 0 aliphatic rings. The molecule has 0 atom stereocenters. The highest BCUT2D eigenvalue weighted by molar-refractivity contribution is 6.05. The lowest BCUT2D eigenvalue weighted by molar-refractivity contribution is 0.522. The highest BCUT2D eigenvalue weighted by Crippen LogP contribution is 2.30. The predicted molar refractivity (Wildman–Crippen MR) is 127 cm³/mol. The second-order valence-corrected chi connectivity index (χ2v) is 8.32. The van der Waals surface area contributed by atoms with Crippen LogP contribution in [-0.4, -0.2) is 0 Å². The van der Waals surface area contributed by atoms with Gasteiger partial charge in [0.05, 0.1) is 5.39 Å². The molecule has 0 spiro atoms. The second-order valence-electron chi connectivity index (χ2n) is 8.32. The molecule has 0 unspecified atom stereocenters. The minimum Gasteiger partial charge on any atom is -0.419 e. The topological polar surface area (TPSA) is 30.2 Å². The fraction of sp³-hybridized carbons (Fsp3) is 0.321. The molecule has 1 aromatic heterocycles. The molecule has 0 aliphatic heterocycles. The van der Waals surface area contributed by atoms with E-state index in [0.29, 0.717) is 22.8 Å². The number of unbranched alkanes of at least 4 members (excludes halogenated alkanes) is 3. The van der Waals surface area contributed by atoms with Crippen molar-refractivity contribution in [2.45, 2.75) is 58.8 Å². The molecule has 0 amide bonds. The van der Waals surface area contributed by atoms with Crippen molar-refractivity contribution < 1.29 is 8.81 Å². The van der Waals surface area contributed by atoms with Gasteiger partial charge in [0, 0.05) is 10.8 Å². The minimum atomic E-state index is -0.492. The SMILES string of the molecule is CCCCCc1ccc2c(oc(=O)c3cc(-c4ccc(CCCC)cc4)ccc32)c1F. The molecule has 1 heterocycles. The summed E-state index contributed by atoms with van der Waals surface area (Å²) < 4.78 is 20.5. The fourth-order valence-electron chi connectivity index (χ4n) is 4.19. The van der Waals surface area contributed by atoms with Crippen LogP contribution in [0.5, 0.6) is 0 Å². The van der Waals surface area contributed by atoms with Gasteiger partial charge in [-0.25, -0.2) is 9.18 Å². The molecule has 3 aromatic carbocycles. The van der Waals surface area contributed by atoms with Crippen LogP contribution in [0.1, 0.15) is 57.1 Å². The predicted octanol–water partition coefficient (Wildman–Crippen LogP) is 7.83. The summed E-state index contributed by atoms with van der Waals surface area (Å²) in [5.74, 6) is -0.403. The zero-order valence-electron chi connectivity index (χ0n) is 18.3. The third-order valence-electron chi connectivity index (χ3n) is 6.06. The quantitative estimate of drug-likeness (QED) is 0.166. The van der Waals surface area contributed by atoms with Crippen LogP contribution in [0.4, 0.5) is 4.39 Å². The molecule has 4 rings (SSSR count). The summed E-state index contributed by atoms with van der Waals surface area (Å²) in [5, 5.41) is 1.86. The lowest BCUT2D eigenvalue weighted by atomic mass is 9.97. The molecule has 0 saturated carbocycles. The van der Waals surface area contributed by atoms with Crippen molar-refractivity contribution in [3.05, 3.63) is 82.0 Å². The maximum atomic E-state index is 15.0. The van der Waals surface area contributed by atoms with Gasteiger partial charge in [0.1, 0.15) is 0 Å². The maximum absolute atomic E-state index is 15.0. The van der Waals surface area contributed by atoms with Crippen molar-refractivity contribution in [1.82, 2.24) is 0 Å². The first-order valence-electron chi connectivity index (χ1n) is 11.4. The summed E-state index contributed by atoms with van der Waals surface area (Å²) in [6.07, 6.45) is 7.16. The first kappa shape index (κ1) is 21.3. The summed E-state index contributed by atoms with van der Waals surface area (Å²) >= 11 is 0. The molecule has 0 bridgehead atoms. The smallest absolute Gasteiger partial charge is 0.344 e. The van der Waals surface area contributed by atoms with Gasteiger partial charge in [0.15, 0.2) is 11.4 Å². The van der Waals surface area contributed by atoms with Crippen molar-refractivity contribution in [3.8, 4) is 11.1 Å². The van der Waals surface area contributed by atoms with E-state index in [1.807, 2.05) is 30.3 Å². The van der Waals surface area contributed by atoms with E-state index in [9.17, 15) is 4.79 Å². The van der Waals surface area contributed by atoms with E-state index >= 15 is 4.39 Å². The summed E-state index contributed by atoms with van der Waals surface area (Å²) in [7, 11) is 0. The Balaban J connectivity index is 1.73. The number of aryl methyl sites for hydroxylation is 2. The van der Waals surface area contributed by atoms with Crippen LogP contribution in [0.15, 0.2) is 63.8 Å². The number of halogens is 1. The highest BCUT2D eigenvalue weighted by atomic mass is 19.1. The average molecular weight is 417 g/mol. The number of hydrogen-bond donors (Lipinski definition) is 0. The van der Waals surface area contributed by atoms with Crippen LogP contribution in [0.3, 0.4) is 0 Å². The van der Waals surface area contributed by atoms with E-state index in [-0.39, 0.29) is 5.58 Å². The molecule has 2 nitrogen and oxygen atoms in total. The van der Waals surface area contributed by atoms with Gasteiger partial charge in [-0.2, -0.15) is 0 Å². The van der Waals surface area contributed by atoms with Gasteiger partial charge >= 0.3 is 5.63 Å². The first-order chi connectivity index (χ1) is 15.1. The molecule has 4 aromatic rings. The fourth-order valence-corrected chi connectivity index (χ4v) is 4.19. The van der Waals surface area contributed by atoms with E-state index in [1.54, 1.807) is 0 Å². The molecule has 0 aliphatic carbocycles. The largest absolute Gasteiger partial charge is 0.419 e. The van der Waals surface area contributed by atoms with Gasteiger partial charge in [0.25, 0.3) is 0 Å². The normalized spacial score (nSPS) is 11.5. The Labute approximate surface area is 182 Å². The van der Waals surface area contributed by atoms with Gasteiger partial charge in [-0.05, 0) is 54.0 Å². The summed E-state index contributed by atoms with van der Waals surface area (Å²) in [5.41, 5.74) is 3.52. The monoisotopic (exact) mass is 416 g/mol.